The first kappa shape index (κ1) is 12.5. The molecule has 94 valence electrons. The summed E-state index contributed by atoms with van der Waals surface area (Å²) in [5, 5.41) is 2.99. The van der Waals surface area contributed by atoms with Crippen molar-refractivity contribution < 1.29 is 9.13 Å². The van der Waals surface area contributed by atoms with Crippen molar-refractivity contribution in [3.63, 3.8) is 0 Å². The molecule has 0 aliphatic rings. The summed E-state index contributed by atoms with van der Waals surface area (Å²) in [5.74, 6) is 0.444. The molecule has 1 aromatic heterocycles. The van der Waals surface area contributed by atoms with Crippen molar-refractivity contribution in [3.05, 3.63) is 59.7 Å². The largest absolute Gasteiger partial charge is 0.489 e. The number of nitrogens with one attached hydrogen (secondary N) is 1. The second kappa shape index (κ2) is 6.12. The first-order valence-corrected chi connectivity index (χ1v) is 5.74. The molecule has 0 atom stereocenters. The lowest BCUT2D eigenvalue weighted by atomic mass is 10.2. The number of aromatic nitrogens is 1. The second-order valence-electron chi connectivity index (χ2n) is 3.93. The van der Waals surface area contributed by atoms with Gasteiger partial charge in [-0.15, -0.1) is 0 Å². The summed E-state index contributed by atoms with van der Waals surface area (Å²) in [7, 11) is 1.82. The zero-order chi connectivity index (χ0) is 12.8. The molecule has 0 bridgehead atoms. The molecular weight excluding hydrogens is 231 g/mol. The Morgan fingerprint density at radius 3 is 2.72 bits per heavy atom. The molecular formula is C14H15FN2O. The molecule has 0 aliphatic carbocycles. The molecule has 4 heteroatoms. The Morgan fingerprint density at radius 1 is 1.22 bits per heavy atom. The van der Waals surface area contributed by atoms with Gasteiger partial charge in [-0.1, -0.05) is 0 Å². The van der Waals surface area contributed by atoms with Gasteiger partial charge in [-0.05, 0) is 42.9 Å². The number of benzene rings is 1. The number of halogens is 1. The molecule has 0 amide bonds. The van der Waals surface area contributed by atoms with E-state index in [2.05, 4.69) is 10.3 Å². The summed E-state index contributed by atoms with van der Waals surface area (Å²) in [5.41, 5.74) is 1.84. The van der Waals surface area contributed by atoms with Crippen molar-refractivity contribution >= 4 is 0 Å². The Balaban J connectivity index is 2.09. The Labute approximate surface area is 106 Å². The predicted molar refractivity (Wildman–Crippen MR) is 67.7 cm³/mol. The van der Waals surface area contributed by atoms with Crippen molar-refractivity contribution in [3.8, 4) is 5.75 Å². The van der Waals surface area contributed by atoms with Crippen LogP contribution in [-0.2, 0) is 13.2 Å². The lowest BCUT2D eigenvalue weighted by molar-refractivity contribution is 0.301. The molecule has 1 N–H and O–H groups in total. The third-order valence-electron chi connectivity index (χ3n) is 2.53. The highest BCUT2D eigenvalue weighted by molar-refractivity contribution is 5.34. The highest BCUT2D eigenvalue weighted by Crippen LogP contribution is 2.20. The standard InChI is InChI=1S/C14H15FN2O/c1-16-9-12-8-13(15)2-3-14(12)18-10-11-4-6-17-7-5-11/h2-8,16H,9-10H2,1H3. The number of nitrogens with zero attached hydrogens (tertiary/aromatic N) is 1. The van der Waals surface area contributed by atoms with Crippen LogP contribution < -0.4 is 10.1 Å². The molecule has 0 radical (unpaired) electrons. The van der Waals surface area contributed by atoms with Crippen molar-refractivity contribution in [1.29, 1.82) is 0 Å². The fourth-order valence-electron chi connectivity index (χ4n) is 1.66. The van der Waals surface area contributed by atoms with Crippen LogP contribution in [-0.4, -0.2) is 12.0 Å². The molecule has 0 fully saturated rings. The normalized spacial score (nSPS) is 10.3. The maximum atomic E-state index is 13.1. The third kappa shape index (κ3) is 3.28. The Kier molecular flexibility index (Phi) is 4.25. The lowest BCUT2D eigenvalue weighted by Gasteiger charge is -2.11. The maximum Gasteiger partial charge on any atom is 0.124 e. The Morgan fingerprint density at radius 2 is 2.00 bits per heavy atom. The van der Waals surface area contributed by atoms with Crippen LogP contribution in [0.2, 0.25) is 0 Å². The zero-order valence-electron chi connectivity index (χ0n) is 10.2. The van der Waals surface area contributed by atoms with Crippen molar-refractivity contribution in [1.82, 2.24) is 10.3 Å². The molecule has 1 aromatic carbocycles. The smallest absolute Gasteiger partial charge is 0.124 e. The second-order valence-corrected chi connectivity index (χ2v) is 3.93. The molecule has 0 saturated heterocycles. The van der Waals surface area contributed by atoms with Gasteiger partial charge in [0, 0.05) is 24.5 Å². The monoisotopic (exact) mass is 246 g/mol. The maximum absolute atomic E-state index is 13.1. The molecule has 0 saturated carbocycles. The fourth-order valence-corrected chi connectivity index (χ4v) is 1.66. The average Bonchev–Trinajstić information content (AvgIpc) is 2.39. The van der Waals surface area contributed by atoms with E-state index in [4.69, 9.17) is 4.74 Å². The van der Waals surface area contributed by atoms with Crippen LogP contribution in [0, 0.1) is 5.82 Å². The molecule has 1 heterocycles. The van der Waals surface area contributed by atoms with Crippen LogP contribution in [0.4, 0.5) is 4.39 Å². The van der Waals surface area contributed by atoms with E-state index >= 15 is 0 Å². The molecule has 0 unspecified atom stereocenters. The molecule has 3 nitrogen and oxygen atoms in total. The summed E-state index contributed by atoms with van der Waals surface area (Å²) >= 11 is 0. The van der Waals surface area contributed by atoms with E-state index in [9.17, 15) is 4.39 Å². The third-order valence-corrected chi connectivity index (χ3v) is 2.53. The van der Waals surface area contributed by atoms with Crippen LogP contribution in [0.1, 0.15) is 11.1 Å². The fraction of sp³-hybridized carbons (Fsp3) is 0.214. The van der Waals surface area contributed by atoms with Crippen LogP contribution in [0.15, 0.2) is 42.7 Å². The summed E-state index contributed by atoms with van der Waals surface area (Å²) < 4.78 is 18.8. The zero-order valence-corrected chi connectivity index (χ0v) is 10.2. The minimum Gasteiger partial charge on any atom is -0.489 e. The number of rotatable bonds is 5. The van der Waals surface area contributed by atoms with Gasteiger partial charge in [0.25, 0.3) is 0 Å². The van der Waals surface area contributed by atoms with Crippen LogP contribution in [0.25, 0.3) is 0 Å². The summed E-state index contributed by atoms with van der Waals surface area (Å²) in [6.45, 7) is 1.02. The van der Waals surface area contributed by atoms with Crippen LogP contribution >= 0.6 is 0 Å². The van der Waals surface area contributed by atoms with Crippen molar-refractivity contribution in [2.75, 3.05) is 7.05 Å². The number of pyridine rings is 1. The van der Waals surface area contributed by atoms with E-state index in [0.717, 1.165) is 11.1 Å². The van der Waals surface area contributed by atoms with E-state index in [-0.39, 0.29) is 5.82 Å². The predicted octanol–water partition coefficient (Wildman–Crippen LogP) is 2.52. The van der Waals surface area contributed by atoms with Gasteiger partial charge in [0.15, 0.2) is 0 Å². The van der Waals surface area contributed by atoms with Gasteiger partial charge < -0.3 is 10.1 Å². The van der Waals surface area contributed by atoms with Gasteiger partial charge >= 0.3 is 0 Å². The average molecular weight is 246 g/mol. The SMILES string of the molecule is CNCc1cc(F)ccc1OCc1ccncc1. The lowest BCUT2D eigenvalue weighted by Crippen LogP contribution is -2.08. The highest BCUT2D eigenvalue weighted by Gasteiger charge is 2.05. The van der Waals surface area contributed by atoms with Gasteiger partial charge in [0.2, 0.25) is 0 Å². The van der Waals surface area contributed by atoms with Gasteiger partial charge in [-0.25, -0.2) is 4.39 Å². The molecule has 2 aromatic rings. The molecule has 2 rings (SSSR count). The molecule has 18 heavy (non-hydrogen) atoms. The van der Waals surface area contributed by atoms with Crippen LogP contribution in [0.5, 0.6) is 5.75 Å². The summed E-state index contributed by atoms with van der Waals surface area (Å²) in [4.78, 5) is 3.94. The number of hydrogen-bond donors (Lipinski definition) is 1. The van der Waals surface area contributed by atoms with E-state index in [1.807, 2.05) is 19.2 Å². The molecule has 0 aliphatic heterocycles. The quantitative estimate of drug-likeness (QED) is 0.880. The van der Waals surface area contributed by atoms with Crippen molar-refractivity contribution in [2.45, 2.75) is 13.2 Å². The minimum atomic E-state index is -0.253. The van der Waals surface area contributed by atoms with Crippen molar-refractivity contribution in [2.24, 2.45) is 0 Å². The number of hydrogen-bond acceptors (Lipinski definition) is 3. The van der Waals surface area contributed by atoms with Gasteiger partial charge in [-0.2, -0.15) is 0 Å². The highest BCUT2D eigenvalue weighted by atomic mass is 19.1. The first-order valence-electron chi connectivity index (χ1n) is 5.74. The Bertz CT molecular complexity index is 502. The van der Waals surface area contributed by atoms with Gasteiger partial charge in [-0.3, -0.25) is 4.98 Å². The number of ether oxygens (including phenoxy) is 1. The van der Waals surface area contributed by atoms with Gasteiger partial charge in [0.05, 0.1) is 0 Å². The van der Waals surface area contributed by atoms with Gasteiger partial charge in [0.1, 0.15) is 18.2 Å². The van der Waals surface area contributed by atoms with E-state index in [1.165, 1.54) is 12.1 Å². The van der Waals surface area contributed by atoms with E-state index in [0.29, 0.717) is 18.9 Å². The minimum absolute atomic E-state index is 0.253. The molecule has 0 spiro atoms. The van der Waals surface area contributed by atoms with Crippen LogP contribution in [0.3, 0.4) is 0 Å². The topological polar surface area (TPSA) is 34.1 Å². The van der Waals surface area contributed by atoms with E-state index < -0.39 is 0 Å². The Hall–Kier alpha value is -1.94. The summed E-state index contributed by atoms with van der Waals surface area (Å²) in [6.07, 6.45) is 3.44. The first-order chi connectivity index (χ1) is 8.79. The summed E-state index contributed by atoms with van der Waals surface area (Å²) in [6, 6.07) is 8.32. The van der Waals surface area contributed by atoms with E-state index in [1.54, 1.807) is 18.5 Å².